The molecule has 0 unspecified atom stereocenters. The van der Waals surface area contributed by atoms with Crippen molar-refractivity contribution in [1.82, 2.24) is 0 Å². The minimum absolute atomic E-state index is 0.865. The van der Waals surface area contributed by atoms with E-state index in [1.807, 2.05) is 0 Å². The summed E-state index contributed by atoms with van der Waals surface area (Å²) in [5, 5.41) is 4.35. The second kappa shape index (κ2) is 26.3. The topological polar surface area (TPSA) is 25.3 Å². The third-order valence-corrected chi connectivity index (χ3v) is 8.56. The Balaban J connectivity index is 0.00000246. The Morgan fingerprint density at radius 1 is 0.574 bits per heavy atom. The fraction of sp³-hybridized carbons (Fsp3) is 0.545. The summed E-state index contributed by atoms with van der Waals surface area (Å²) in [4.78, 5) is 0. The molecule has 0 fully saturated rings. The predicted molar refractivity (Wildman–Crippen MR) is 202 cm³/mol. The second-order valence-electron chi connectivity index (χ2n) is 12.4. The van der Waals surface area contributed by atoms with E-state index in [0.29, 0.717) is 0 Å². The number of unbranched alkanes of at least 4 members (excludes halogenated alkanes) is 12. The molecule has 2 nitrogen and oxygen atoms in total. The molecule has 0 amide bonds. The molecular formula is C44H62N2Pd. The van der Waals surface area contributed by atoms with Crippen molar-refractivity contribution >= 4 is 11.4 Å². The summed E-state index contributed by atoms with van der Waals surface area (Å²) in [5.41, 5.74) is 19.4. The Morgan fingerprint density at radius 3 is 1.49 bits per heavy atom. The van der Waals surface area contributed by atoms with Crippen LogP contribution in [-0.4, -0.2) is 4.70 Å². The molecule has 258 valence electrons. The molecule has 0 saturated carbocycles. The van der Waals surface area contributed by atoms with Gasteiger partial charge in [-0.15, -0.1) is 23.7 Å². The first kappa shape index (κ1) is 40.5. The van der Waals surface area contributed by atoms with Crippen LogP contribution in [0.15, 0.2) is 60.2 Å². The van der Waals surface area contributed by atoms with Gasteiger partial charge in [-0.3, -0.25) is 0 Å². The summed E-state index contributed by atoms with van der Waals surface area (Å²) in [6.07, 6.45) is 23.9. The molecule has 0 aromatic heterocycles. The summed E-state index contributed by atoms with van der Waals surface area (Å²) in [7, 11) is 0. The Bertz CT molecular complexity index is 1370. The molecule has 2 aromatic rings. The molecule has 3 rings (SSSR count). The molecule has 1 heterocycles. The van der Waals surface area contributed by atoms with E-state index in [2.05, 4.69) is 110 Å². The van der Waals surface area contributed by atoms with Crippen LogP contribution in [0.1, 0.15) is 152 Å². The van der Waals surface area contributed by atoms with E-state index in [4.69, 9.17) is 0 Å². The van der Waals surface area contributed by atoms with Crippen molar-refractivity contribution in [3.05, 3.63) is 88.0 Å². The van der Waals surface area contributed by atoms with Gasteiger partial charge in [-0.2, -0.15) is 0 Å². The van der Waals surface area contributed by atoms with E-state index in [1.54, 1.807) is 0 Å². The monoisotopic (exact) mass is 724 g/mol. The molecule has 3 heteroatoms. The molecule has 0 aliphatic carbocycles. The SMILES string of the molecule is CCCCCCCC#CCCCc1ccccc1C1=CC(CC)=C(c2ccccc2CCCC#CCCCCCCC)[N+]1=[N-].[CH3][Pd][CH3]. The van der Waals surface area contributed by atoms with Crippen molar-refractivity contribution in [3.8, 4) is 23.7 Å². The number of aryl methyl sites for hydroxylation is 2. The Morgan fingerprint density at radius 2 is 1.00 bits per heavy atom. The predicted octanol–water partition coefficient (Wildman–Crippen LogP) is 13.4. The maximum atomic E-state index is 11.7. The quantitative estimate of drug-likeness (QED) is 0.0596. The van der Waals surface area contributed by atoms with Gasteiger partial charge in [0.2, 0.25) is 11.4 Å². The molecular weight excluding hydrogens is 663 g/mol. The summed E-state index contributed by atoms with van der Waals surface area (Å²) in [6.45, 7) is 6.69. The minimum atomic E-state index is 0.865. The van der Waals surface area contributed by atoms with Crippen molar-refractivity contribution in [2.45, 2.75) is 154 Å². The van der Waals surface area contributed by atoms with Gasteiger partial charge >= 0.3 is 28.8 Å². The number of nitrogens with zero attached hydrogens (tertiary/aromatic N) is 2. The zero-order valence-corrected chi connectivity index (χ0v) is 31.9. The standard InChI is InChI=1S/C42H56N2.2CH3.Pd/c1-4-7-9-11-13-15-17-19-21-23-29-37-31-25-27-33-39(37)41-35-36(6-3)42(44(41)43)40-34-28-26-32-38(40)30-24-22-20-18-16-14-12-10-8-5-2;;;/h25-28,31-35H,4-16,21-24,29-30H2,1-3H3;2*1H3;. The van der Waals surface area contributed by atoms with Crippen molar-refractivity contribution in [3.63, 3.8) is 0 Å². The van der Waals surface area contributed by atoms with E-state index < -0.39 is 0 Å². The fourth-order valence-electron chi connectivity index (χ4n) is 5.98. The van der Waals surface area contributed by atoms with Crippen LogP contribution in [-0.2, 0) is 30.8 Å². The third kappa shape index (κ3) is 15.4. The van der Waals surface area contributed by atoms with E-state index in [9.17, 15) is 5.53 Å². The first-order chi connectivity index (χ1) is 23.1. The second-order valence-corrected chi connectivity index (χ2v) is 14.0. The average Bonchev–Trinajstić information content (AvgIpc) is 3.42. The van der Waals surface area contributed by atoms with Gasteiger partial charge < -0.3 is 5.53 Å². The van der Waals surface area contributed by atoms with Crippen LogP contribution in [0.2, 0.25) is 10.8 Å². The Hall–Kier alpha value is -2.70. The van der Waals surface area contributed by atoms with Gasteiger partial charge in [0.05, 0.1) is 0 Å². The Labute approximate surface area is 298 Å². The van der Waals surface area contributed by atoms with Crippen molar-refractivity contribution in [2.75, 3.05) is 0 Å². The normalized spacial score (nSPS) is 12.2. The summed E-state index contributed by atoms with van der Waals surface area (Å²) >= 11 is 0.950. The fourth-order valence-corrected chi connectivity index (χ4v) is 5.98. The maximum absolute atomic E-state index is 11.7. The molecule has 47 heavy (non-hydrogen) atoms. The molecule has 0 N–H and O–H groups in total. The zero-order chi connectivity index (χ0) is 34.0. The van der Waals surface area contributed by atoms with Crippen LogP contribution in [0.4, 0.5) is 0 Å². The molecule has 1 aliphatic heterocycles. The van der Waals surface area contributed by atoms with Crippen LogP contribution in [0.5, 0.6) is 0 Å². The summed E-state index contributed by atoms with van der Waals surface area (Å²) in [5.74, 6) is 13.6. The van der Waals surface area contributed by atoms with Crippen molar-refractivity contribution in [1.29, 1.82) is 0 Å². The number of benzene rings is 2. The molecule has 0 bridgehead atoms. The number of rotatable bonds is 19. The van der Waals surface area contributed by atoms with Crippen molar-refractivity contribution in [2.24, 2.45) is 0 Å². The molecule has 1 aliphatic rings. The van der Waals surface area contributed by atoms with Crippen LogP contribution in [0.25, 0.3) is 16.9 Å². The average molecular weight is 725 g/mol. The van der Waals surface area contributed by atoms with Gasteiger partial charge in [0.25, 0.3) is 0 Å². The van der Waals surface area contributed by atoms with Gasteiger partial charge in [-0.25, -0.2) is 4.70 Å². The van der Waals surface area contributed by atoms with Gasteiger partial charge in [-0.05, 0) is 68.2 Å². The molecule has 2 aromatic carbocycles. The zero-order valence-electron chi connectivity index (χ0n) is 30.3. The van der Waals surface area contributed by atoms with E-state index >= 15 is 0 Å². The first-order valence-corrected chi connectivity index (χ1v) is 21.5. The molecule has 0 spiro atoms. The first-order valence-electron chi connectivity index (χ1n) is 18.4. The van der Waals surface area contributed by atoms with Gasteiger partial charge in [0.15, 0.2) is 0 Å². The van der Waals surface area contributed by atoms with Crippen LogP contribution < -0.4 is 0 Å². The van der Waals surface area contributed by atoms with Crippen LogP contribution in [0, 0.1) is 23.7 Å². The van der Waals surface area contributed by atoms with E-state index in [1.165, 1.54) is 85.6 Å². The molecule has 0 radical (unpaired) electrons. The van der Waals surface area contributed by atoms with Crippen molar-refractivity contribution < 1.29 is 22.7 Å². The van der Waals surface area contributed by atoms with Gasteiger partial charge in [-0.1, -0.05) is 109 Å². The summed E-state index contributed by atoms with van der Waals surface area (Å²) < 4.78 is 1.45. The van der Waals surface area contributed by atoms with E-state index in [0.717, 1.165) is 98.3 Å². The van der Waals surface area contributed by atoms with Crippen LogP contribution >= 0.6 is 0 Å². The van der Waals surface area contributed by atoms with E-state index in [-0.39, 0.29) is 0 Å². The molecule has 0 atom stereocenters. The number of hydrogen-bond donors (Lipinski definition) is 0. The third-order valence-electron chi connectivity index (χ3n) is 8.56. The van der Waals surface area contributed by atoms with Gasteiger partial charge in [0, 0.05) is 48.5 Å². The number of hydrogen-bond acceptors (Lipinski definition) is 0. The summed E-state index contributed by atoms with van der Waals surface area (Å²) in [6, 6.07) is 17.1. The number of allylic oxidation sites excluding steroid dienone is 2. The molecule has 0 saturated heterocycles. The van der Waals surface area contributed by atoms with Crippen LogP contribution in [0.3, 0.4) is 0 Å². The Kier molecular flexibility index (Phi) is 22.6. The van der Waals surface area contributed by atoms with Gasteiger partial charge in [0.1, 0.15) is 0 Å².